The van der Waals surface area contributed by atoms with E-state index in [1.807, 2.05) is 6.20 Å². The largest absolute Gasteiger partial charge is 0.359 e. The number of nitrogens with one attached hydrogen (secondary N) is 4. The van der Waals surface area contributed by atoms with Gasteiger partial charge in [0.15, 0.2) is 0 Å². The minimum Gasteiger partial charge on any atom is -0.359 e. The molecule has 0 amide bonds. The van der Waals surface area contributed by atoms with E-state index in [4.69, 9.17) is 0 Å². The molecule has 6 unspecified atom stereocenters. The van der Waals surface area contributed by atoms with Gasteiger partial charge >= 0.3 is 0 Å². The van der Waals surface area contributed by atoms with Gasteiger partial charge in [0, 0.05) is 47.6 Å². The second-order valence-corrected chi connectivity index (χ2v) is 14.3. The fourth-order valence-electron chi connectivity index (χ4n) is 9.33. The fourth-order valence-corrected chi connectivity index (χ4v) is 9.33. The lowest BCUT2D eigenvalue weighted by atomic mass is 9.77. The Bertz CT molecular complexity index is 2390. The molecule has 0 bridgehead atoms. The van der Waals surface area contributed by atoms with Crippen LogP contribution in [0.2, 0.25) is 0 Å². The van der Waals surface area contributed by atoms with Crippen LogP contribution in [0.1, 0.15) is 45.9 Å². The molecule has 3 aliphatic heterocycles. The number of aromatic amines is 2. The summed E-state index contributed by atoms with van der Waals surface area (Å²) in [6.45, 7) is 0.986. The molecule has 5 heterocycles. The number of hydrogen-bond donors (Lipinski definition) is 4. The zero-order chi connectivity index (χ0) is 32.1. The average Bonchev–Trinajstić information content (AvgIpc) is 3.88. The predicted octanol–water partition coefficient (Wildman–Crippen LogP) is 8.66. The van der Waals surface area contributed by atoms with Crippen LogP contribution in [-0.4, -0.2) is 33.6 Å². The number of fused-ring (bicyclic) bond motifs is 8. The first-order chi connectivity index (χ1) is 24.3. The molecule has 11 rings (SSSR count). The first kappa shape index (κ1) is 27.7. The molecule has 5 nitrogen and oxygen atoms in total. The molecule has 0 radical (unpaired) electrons. The van der Waals surface area contributed by atoms with Crippen LogP contribution in [0.15, 0.2) is 145 Å². The van der Waals surface area contributed by atoms with Crippen LogP contribution in [0.25, 0.3) is 39.0 Å². The lowest BCUT2D eigenvalue weighted by Gasteiger charge is -2.48. The van der Waals surface area contributed by atoms with Gasteiger partial charge in [-0.1, -0.05) is 115 Å². The van der Waals surface area contributed by atoms with Crippen LogP contribution in [0.4, 0.5) is 0 Å². The first-order valence-corrected chi connectivity index (χ1v) is 17.7. The summed E-state index contributed by atoms with van der Waals surface area (Å²) in [6.07, 6.45) is 19.7. The lowest BCUT2D eigenvalue weighted by Crippen LogP contribution is -2.62. The van der Waals surface area contributed by atoms with Crippen molar-refractivity contribution in [2.45, 2.75) is 36.8 Å². The monoisotopic (exact) mass is 635 g/mol. The fraction of sp³-hybridized carbons (Fsp3) is 0.182. The van der Waals surface area contributed by atoms with E-state index in [2.05, 4.69) is 159 Å². The van der Waals surface area contributed by atoms with Crippen molar-refractivity contribution >= 4 is 27.9 Å². The summed E-state index contributed by atoms with van der Waals surface area (Å²) < 4.78 is 0. The Balaban J connectivity index is 0.862. The van der Waals surface area contributed by atoms with Crippen molar-refractivity contribution in [3.05, 3.63) is 173 Å². The molecule has 1 saturated heterocycles. The van der Waals surface area contributed by atoms with Crippen molar-refractivity contribution in [3.8, 4) is 11.1 Å². The number of hydrogen-bond acceptors (Lipinski definition) is 3. The zero-order valence-electron chi connectivity index (χ0n) is 27.1. The van der Waals surface area contributed by atoms with Gasteiger partial charge < -0.3 is 9.97 Å². The van der Waals surface area contributed by atoms with Gasteiger partial charge in [0.05, 0.1) is 29.4 Å². The SMILES string of the molecule is C1=CC2NC(c3ccc(-c4ccc5c(c4)C=CC(c4c[nH]c6c4ccc4cc[nH]c46)C5)cc3)C3=C(C2C=C1)C1NC(c2ccccc2)N1C3. The summed E-state index contributed by atoms with van der Waals surface area (Å²) in [4.78, 5) is 9.60. The highest BCUT2D eigenvalue weighted by atomic mass is 15.5. The maximum atomic E-state index is 4.04. The minimum atomic E-state index is 0.200. The summed E-state index contributed by atoms with van der Waals surface area (Å²) in [5.41, 5.74) is 14.8. The molecule has 49 heavy (non-hydrogen) atoms. The van der Waals surface area contributed by atoms with Crippen molar-refractivity contribution in [3.63, 3.8) is 0 Å². The summed E-state index contributed by atoms with van der Waals surface area (Å²) in [5, 5.41) is 10.5. The van der Waals surface area contributed by atoms with Gasteiger partial charge in [-0.25, -0.2) is 0 Å². The van der Waals surface area contributed by atoms with Crippen molar-refractivity contribution in [2.75, 3.05) is 6.54 Å². The molecule has 5 aliphatic rings. The summed E-state index contributed by atoms with van der Waals surface area (Å²) in [5.74, 6) is 0.749. The van der Waals surface area contributed by atoms with Crippen LogP contribution in [0.5, 0.6) is 0 Å². The molecule has 2 aromatic heterocycles. The van der Waals surface area contributed by atoms with E-state index in [1.54, 1.807) is 5.57 Å². The van der Waals surface area contributed by atoms with Crippen molar-refractivity contribution in [2.24, 2.45) is 5.92 Å². The summed E-state index contributed by atoms with van der Waals surface area (Å²) in [6, 6.07) is 34.4. The Kier molecular flexibility index (Phi) is 6.02. The van der Waals surface area contributed by atoms with E-state index < -0.39 is 0 Å². The molecule has 2 aliphatic carbocycles. The van der Waals surface area contributed by atoms with Gasteiger partial charge in [-0.2, -0.15) is 0 Å². The Hall–Kier alpha value is -5.20. The lowest BCUT2D eigenvalue weighted by molar-refractivity contribution is 0.0134. The molecule has 6 aromatic rings. The second kappa shape index (κ2) is 10.6. The van der Waals surface area contributed by atoms with Gasteiger partial charge in [-0.3, -0.25) is 15.5 Å². The van der Waals surface area contributed by atoms with Crippen LogP contribution < -0.4 is 10.6 Å². The predicted molar refractivity (Wildman–Crippen MR) is 199 cm³/mol. The van der Waals surface area contributed by atoms with Gasteiger partial charge in [0.2, 0.25) is 0 Å². The van der Waals surface area contributed by atoms with Gasteiger partial charge in [0.25, 0.3) is 0 Å². The summed E-state index contributed by atoms with van der Waals surface area (Å²) >= 11 is 0. The van der Waals surface area contributed by atoms with Crippen LogP contribution in [-0.2, 0) is 6.42 Å². The van der Waals surface area contributed by atoms with E-state index in [9.17, 15) is 0 Å². The number of benzene rings is 4. The molecule has 4 N–H and O–H groups in total. The minimum absolute atomic E-state index is 0.200. The molecule has 4 aromatic carbocycles. The maximum Gasteiger partial charge on any atom is 0.0893 e. The summed E-state index contributed by atoms with van der Waals surface area (Å²) in [7, 11) is 0. The maximum absolute atomic E-state index is 4.04. The van der Waals surface area contributed by atoms with Crippen LogP contribution >= 0.6 is 0 Å². The van der Waals surface area contributed by atoms with E-state index in [0.29, 0.717) is 24.0 Å². The van der Waals surface area contributed by atoms with Crippen molar-refractivity contribution in [1.29, 1.82) is 0 Å². The second-order valence-electron chi connectivity index (χ2n) is 14.3. The molecule has 5 heteroatoms. The molecular formula is C44H37N5. The van der Waals surface area contributed by atoms with Gasteiger partial charge in [-0.05, 0) is 68.6 Å². The molecule has 0 spiro atoms. The Labute approximate surface area is 285 Å². The number of H-pyrrole nitrogens is 2. The van der Waals surface area contributed by atoms with E-state index in [0.717, 1.165) is 13.0 Å². The third kappa shape index (κ3) is 4.23. The highest BCUT2D eigenvalue weighted by Gasteiger charge is 2.52. The van der Waals surface area contributed by atoms with E-state index in [1.165, 1.54) is 66.3 Å². The molecule has 0 saturated carbocycles. The van der Waals surface area contributed by atoms with E-state index >= 15 is 0 Å². The number of rotatable bonds is 4. The molecular weight excluding hydrogens is 599 g/mol. The topological polar surface area (TPSA) is 58.9 Å². The molecule has 238 valence electrons. The third-order valence-corrected chi connectivity index (χ3v) is 11.8. The Morgan fingerprint density at radius 2 is 1.57 bits per heavy atom. The number of aromatic nitrogens is 2. The van der Waals surface area contributed by atoms with Gasteiger partial charge in [0.1, 0.15) is 0 Å². The van der Waals surface area contributed by atoms with Crippen molar-refractivity contribution < 1.29 is 0 Å². The molecule has 6 atom stereocenters. The first-order valence-electron chi connectivity index (χ1n) is 17.7. The Morgan fingerprint density at radius 3 is 2.49 bits per heavy atom. The third-order valence-electron chi connectivity index (χ3n) is 11.8. The highest BCUT2D eigenvalue weighted by molar-refractivity contribution is 6.05. The highest BCUT2D eigenvalue weighted by Crippen LogP contribution is 2.49. The van der Waals surface area contributed by atoms with Gasteiger partial charge in [-0.15, -0.1) is 0 Å². The zero-order valence-corrected chi connectivity index (χ0v) is 27.1. The number of allylic oxidation sites excluding steroid dienone is 3. The van der Waals surface area contributed by atoms with Crippen LogP contribution in [0, 0.1) is 5.92 Å². The average molecular weight is 636 g/mol. The smallest absolute Gasteiger partial charge is 0.0893 e. The quantitative estimate of drug-likeness (QED) is 0.147. The Morgan fingerprint density at radius 1 is 0.694 bits per heavy atom. The number of nitrogens with zero attached hydrogens (tertiary/aromatic N) is 1. The normalized spacial score (nSPS) is 26.9. The molecule has 1 fully saturated rings. The standard InChI is InChI=1S/C44H37N5/c1-2-6-29(7-3-1)43-48-44-39-35-8-4-5-9-38(35)47-40(37(39)25-49(43)44)27-12-10-26(11-13-27)30-14-15-32-23-33(17-16-31(32)22-30)36-24-46-42-34(36)19-18-28-20-21-45-41(28)42/h1-22,24,33,35,38,40,43-48H,23,25H2. The van der Waals surface area contributed by atoms with Crippen molar-refractivity contribution in [1.82, 2.24) is 25.5 Å². The van der Waals surface area contributed by atoms with E-state index in [-0.39, 0.29) is 12.2 Å². The van der Waals surface area contributed by atoms with Crippen LogP contribution in [0.3, 0.4) is 0 Å².